The fourth-order valence-corrected chi connectivity index (χ4v) is 2.65. The molecule has 5 nitrogen and oxygen atoms in total. The molecule has 0 saturated carbocycles. The first kappa shape index (κ1) is 18.7. The van der Waals surface area contributed by atoms with Gasteiger partial charge in [0.2, 0.25) is 11.8 Å². The van der Waals surface area contributed by atoms with Crippen molar-refractivity contribution in [1.82, 2.24) is 5.32 Å². The van der Waals surface area contributed by atoms with Crippen LogP contribution in [0.4, 0.5) is 5.69 Å². The first-order valence-corrected chi connectivity index (χ1v) is 8.48. The van der Waals surface area contributed by atoms with Gasteiger partial charge in [-0.05, 0) is 49.1 Å². The molecule has 0 bridgehead atoms. The van der Waals surface area contributed by atoms with Crippen LogP contribution in [0.25, 0.3) is 0 Å². The lowest BCUT2D eigenvalue weighted by atomic mass is 10.0. The smallest absolute Gasteiger partial charge is 0.234 e. The number of aryl methyl sites for hydroxylation is 1. The number of carbonyl (C=O) groups is 2. The Morgan fingerprint density at radius 3 is 2.20 bits per heavy atom. The number of amides is 2. The third kappa shape index (κ3) is 6.77. The molecule has 0 fully saturated rings. The summed E-state index contributed by atoms with van der Waals surface area (Å²) in [6, 6.07) is 17.4. The number of benzene rings is 2. The first-order valence-electron chi connectivity index (χ1n) is 8.48. The zero-order chi connectivity index (χ0) is 18.1. The zero-order valence-electron chi connectivity index (χ0n) is 14.5. The molecule has 0 aliphatic rings. The van der Waals surface area contributed by atoms with E-state index in [4.69, 9.17) is 5.73 Å². The van der Waals surface area contributed by atoms with Gasteiger partial charge in [-0.1, -0.05) is 42.5 Å². The van der Waals surface area contributed by atoms with E-state index >= 15 is 0 Å². The molecule has 0 aliphatic heterocycles. The highest BCUT2D eigenvalue weighted by Crippen LogP contribution is 2.10. The number of primary amides is 1. The van der Waals surface area contributed by atoms with Crippen molar-refractivity contribution in [2.75, 3.05) is 11.9 Å². The summed E-state index contributed by atoms with van der Waals surface area (Å²) in [5.41, 5.74) is 8.62. The third-order valence-corrected chi connectivity index (χ3v) is 3.99. The Hall–Kier alpha value is -2.66. The SMILES string of the molecule is CC(=O)Nc1ccc(CCN[C@H](CCc2ccccc2)C(N)=O)cc1. The van der Waals surface area contributed by atoms with Gasteiger partial charge in [0.05, 0.1) is 6.04 Å². The maximum absolute atomic E-state index is 11.6. The average Bonchev–Trinajstić information content (AvgIpc) is 2.59. The molecule has 2 aromatic carbocycles. The van der Waals surface area contributed by atoms with Gasteiger partial charge in [0.25, 0.3) is 0 Å². The highest BCUT2D eigenvalue weighted by molar-refractivity contribution is 5.88. The van der Waals surface area contributed by atoms with Crippen molar-refractivity contribution in [3.05, 3.63) is 65.7 Å². The van der Waals surface area contributed by atoms with Gasteiger partial charge in [-0.3, -0.25) is 9.59 Å². The molecule has 0 aromatic heterocycles. The van der Waals surface area contributed by atoms with E-state index in [1.54, 1.807) is 0 Å². The van der Waals surface area contributed by atoms with E-state index in [0.717, 1.165) is 24.1 Å². The van der Waals surface area contributed by atoms with Crippen LogP contribution in [-0.4, -0.2) is 24.4 Å². The van der Waals surface area contributed by atoms with Crippen molar-refractivity contribution in [2.45, 2.75) is 32.2 Å². The summed E-state index contributed by atoms with van der Waals surface area (Å²) in [4.78, 5) is 22.6. The van der Waals surface area contributed by atoms with Gasteiger partial charge in [0, 0.05) is 12.6 Å². The van der Waals surface area contributed by atoms with Crippen LogP contribution in [-0.2, 0) is 22.4 Å². The molecule has 132 valence electrons. The molecule has 2 rings (SSSR count). The number of nitrogens with one attached hydrogen (secondary N) is 2. The molecular weight excluding hydrogens is 314 g/mol. The molecule has 2 amide bonds. The number of carbonyl (C=O) groups excluding carboxylic acids is 2. The van der Waals surface area contributed by atoms with Crippen LogP contribution in [0.15, 0.2) is 54.6 Å². The third-order valence-electron chi connectivity index (χ3n) is 3.99. The predicted molar refractivity (Wildman–Crippen MR) is 100 cm³/mol. The van der Waals surface area contributed by atoms with Gasteiger partial charge in [0.1, 0.15) is 0 Å². The maximum atomic E-state index is 11.6. The second-order valence-corrected chi connectivity index (χ2v) is 6.06. The Morgan fingerprint density at radius 1 is 0.960 bits per heavy atom. The molecule has 0 radical (unpaired) electrons. The highest BCUT2D eigenvalue weighted by Gasteiger charge is 2.14. The molecule has 4 N–H and O–H groups in total. The summed E-state index contributed by atoms with van der Waals surface area (Å²) >= 11 is 0. The van der Waals surface area contributed by atoms with Crippen LogP contribution < -0.4 is 16.4 Å². The van der Waals surface area contributed by atoms with Gasteiger partial charge in [-0.15, -0.1) is 0 Å². The fourth-order valence-electron chi connectivity index (χ4n) is 2.65. The number of nitrogens with two attached hydrogens (primary N) is 1. The Morgan fingerprint density at radius 2 is 1.60 bits per heavy atom. The Kier molecular flexibility index (Phi) is 7.16. The molecule has 2 aromatic rings. The van der Waals surface area contributed by atoms with Crippen LogP contribution >= 0.6 is 0 Å². The highest BCUT2D eigenvalue weighted by atomic mass is 16.1. The number of anilines is 1. The van der Waals surface area contributed by atoms with Crippen LogP contribution in [0.1, 0.15) is 24.5 Å². The summed E-state index contributed by atoms with van der Waals surface area (Å²) in [5.74, 6) is -0.408. The molecule has 5 heteroatoms. The summed E-state index contributed by atoms with van der Waals surface area (Å²) < 4.78 is 0. The lowest BCUT2D eigenvalue weighted by Crippen LogP contribution is -2.42. The molecule has 0 spiro atoms. The quantitative estimate of drug-likeness (QED) is 0.655. The lowest BCUT2D eigenvalue weighted by molar-refractivity contribution is -0.120. The van der Waals surface area contributed by atoms with Crippen molar-refractivity contribution in [3.8, 4) is 0 Å². The minimum absolute atomic E-state index is 0.0860. The minimum atomic E-state index is -0.334. The predicted octanol–water partition coefficient (Wildman–Crippen LogP) is 2.26. The van der Waals surface area contributed by atoms with E-state index in [1.807, 2.05) is 42.5 Å². The number of hydrogen-bond acceptors (Lipinski definition) is 3. The second-order valence-electron chi connectivity index (χ2n) is 6.06. The van der Waals surface area contributed by atoms with E-state index in [2.05, 4.69) is 22.8 Å². The largest absolute Gasteiger partial charge is 0.368 e. The van der Waals surface area contributed by atoms with Crippen LogP contribution in [0, 0.1) is 0 Å². The molecule has 0 heterocycles. The Labute approximate surface area is 148 Å². The van der Waals surface area contributed by atoms with Crippen molar-refractivity contribution < 1.29 is 9.59 Å². The summed E-state index contributed by atoms with van der Waals surface area (Å²) in [6.45, 7) is 2.15. The lowest BCUT2D eigenvalue weighted by Gasteiger charge is -2.15. The van der Waals surface area contributed by atoms with Crippen molar-refractivity contribution in [2.24, 2.45) is 5.73 Å². The van der Waals surface area contributed by atoms with Gasteiger partial charge in [-0.2, -0.15) is 0 Å². The monoisotopic (exact) mass is 339 g/mol. The summed E-state index contributed by atoms with van der Waals surface area (Å²) in [5, 5.41) is 5.98. The number of hydrogen-bond donors (Lipinski definition) is 3. The van der Waals surface area contributed by atoms with Gasteiger partial charge in [0.15, 0.2) is 0 Å². The molecule has 0 unspecified atom stereocenters. The molecular formula is C20H25N3O2. The zero-order valence-corrected chi connectivity index (χ0v) is 14.5. The van der Waals surface area contributed by atoms with Gasteiger partial charge >= 0.3 is 0 Å². The van der Waals surface area contributed by atoms with Crippen LogP contribution in [0.5, 0.6) is 0 Å². The van der Waals surface area contributed by atoms with Crippen molar-refractivity contribution in [3.63, 3.8) is 0 Å². The van der Waals surface area contributed by atoms with E-state index < -0.39 is 0 Å². The first-order chi connectivity index (χ1) is 12.0. The molecule has 1 atom stereocenters. The van der Waals surface area contributed by atoms with Crippen molar-refractivity contribution in [1.29, 1.82) is 0 Å². The Balaban J connectivity index is 1.78. The normalized spacial score (nSPS) is 11.7. The van der Waals surface area contributed by atoms with Gasteiger partial charge < -0.3 is 16.4 Å². The summed E-state index contributed by atoms with van der Waals surface area (Å²) in [7, 11) is 0. The van der Waals surface area contributed by atoms with E-state index in [9.17, 15) is 9.59 Å². The number of rotatable bonds is 9. The molecule has 0 aliphatic carbocycles. The van der Waals surface area contributed by atoms with Crippen LogP contribution in [0.3, 0.4) is 0 Å². The van der Waals surface area contributed by atoms with E-state index in [-0.39, 0.29) is 17.9 Å². The topological polar surface area (TPSA) is 84.2 Å². The standard InChI is InChI=1S/C20H25N3O2/c1-15(24)23-18-10-7-17(8-11-18)13-14-22-19(20(21)25)12-9-16-5-3-2-4-6-16/h2-8,10-11,19,22H,9,12-14H2,1H3,(H2,21,25)(H,23,24)/t19-/m1/s1. The van der Waals surface area contributed by atoms with Gasteiger partial charge in [-0.25, -0.2) is 0 Å². The molecule has 0 saturated heterocycles. The second kappa shape index (κ2) is 9.59. The average molecular weight is 339 g/mol. The summed E-state index contributed by atoms with van der Waals surface area (Å²) in [6.07, 6.45) is 2.28. The van der Waals surface area contributed by atoms with E-state index in [0.29, 0.717) is 13.0 Å². The minimum Gasteiger partial charge on any atom is -0.368 e. The molecule has 25 heavy (non-hydrogen) atoms. The van der Waals surface area contributed by atoms with Crippen molar-refractivity contribution >= 4 is 17.5 Å². The Bertz CT molecular complexity index is 684. The fraction of sp³-hybridized carbons (Fsp3) is 0.300. The maximum Gasteiger partial charge on any atom is 0.234 e. The van der Waals surface area contributed by atoms with E-state index in [1.165, 1.54) is 12.5 Å². The van der Waals surface area contributed by atoms with Crippen LogP contribution in [0.2, 0.25) is 0 Å².